The van der Waals surface area contributed by atoms with Gasteiger partial charge in [0.25, 0.3) is 0 Å². The van der Waals surface area contributed by atoms with Gasteiger partial charge in [-0.1, -0.05) is 0 Å². The number of ether oxygens (including phenoxy) is 2. The van der Waals surface area contributed by atoms with E-state index in [2.05, 4.69) is 0 Å². The fourth-order valence-corrected chi connectivity index (χ4v) is 5.53. The first-order chi connectivity index (χ1) is 13.9. The summed E-state index contributed by atoms with van der Waals surface area (Å²) < 4.78 is 38.4. The van der Waals surface area contributed by atoms with Crippen molar-refractivity contribution in [3.05, 3.63) is 18.2 Å². The smallest absolute Gasteiger partial charge is 0.245 e. The fraction of sp³-hybridized carbons (Fsp3) is 0.579. The molecular weight excluding hydrogens is 398 g/mol. The molecule has 3 aliphatic heterocycles. The van der Waals surface area contributed by atoms with E-state index in [0.29, 0.717) is 50.8 Å². The highest BCUT2D eigenvalue weighted by atomic mass is 32.2. The van der Waals surface area contributed by atoms with Gasteiger partial charge in [-0.05, 0) is 25.0 Å². The maximum atomic E-state index is 13.0. The van der Waals surface area contributed by atoms with E-state index < -0.39 is 16.1 Å². The maximum absolute atomic E-state index is 13.0. The van der Waals surface area contributed by atoms with Crippen LogP contribution in [0.25, 0.3) is 0 Å². The monoisotopic (exact) mass is 423 g/mol. The topological polar surface area (TPSA) is 96.5 Å². The summed E-state index contributed by atoms with van der Waals surface area (Å²) >= 11 is 0. The average molecular weight is 423 g/mol. The minimum Gasteiger partial charge on any atom is -0.486 e. The van der Waals surface area contributed by atoms with Gasteiger partial charge in [0, 0.05) is 45.7 Å². The molecule has 0 spiro atoms. The molecule has 2 fully saturated rings. The molecule has 0 aromatic heterocycles. The van der Waals surface area contributed by atoms with Crippen molar-refractivity contribution in [1.29, 1.82) is 0 Å². The van der Waals surface area contributed by atoms with E-state index in [1.54, 1.807) is 15.9 Å². The lowest BCUT2D eigenvalue weighted by Gasteiger charge is -2.36. The normalized spacial score (nSPS) is 22.6. The van der Waals surface area contributed by atoms with Crippen LogP contribution in [0.1, 0.15) is 19.8 Å². The molecule has 0 bridgehead atoms. The van der Waals surface area contributed by atoms with Crippen LogP contribution >= 0.6 is 0 Å². The van der Waals surface area contributed by atoms with Crippen LogP contribution in [0.4, 0.5) is 0 Å². The summed E-state index contributed by atoms with van der Waals surface area (Å²) in [5.41, 5.74) is 0. The van der Waals surface area contributed by atoms with Crippen LogP contribution in [0.3, 0.4) is 0 Å². The van der Waals surface area contributed by atoms with Crippen LogP contribution in [0, 0.1) is 0 Å². The molecule has 0 unspecified atom stereocenters. The molecule has 0 saturated carbocycles. The molecule has 3 aliphatic rings. The Bertz CT molecular complexity index is 911. The zero-order valence-electron chi connectivity index (χ0n) is 16.4. The van der Waals surface area contributed by atoms with E-state index in [0.717, 1.165) is 6.42 Å². The molecule has 1 atom stereocenters. The van der Waals surface area contributed by atoms with Gasteiger partial charge < -0.3 is 19.3 Å². The number of carbonyl (C=O) groups excluding carboxylic acids is 2. The van der Waals surface area contributed by atoms with E-state index in [1.807, 2.05) is 0 Å². The number of piperazine rings is 1. The van der Waals surface area contributed by atoms with Crippen LogP contribution in [0.15, 0.2) is 23.1 Å². The highest BCUT2D eigenvalue weighted by molar-refractivity contribution is 7.89. The molecule has 10 heteroatoms. The number of fused-ring (bicyclic) bond motifs is 1. The minimum atomic E-state index is -3.69. The Morgan fingerprint density at radius 2 is 1.69 bits per heavy atom. The molecule has 1 aromatic carbocycles. The van der Waals surface area contributed by atoms with Crippen molar-refractivity contribution < 1.29 is 27.5 Å². The first-order valence-corrected chi connectivity index (χ1v) is 11.3. The van der Waals surface area contributed by atoms with Crippen molar-refractivity contribution in [2.75, 3.05) is 45.9 Å². The summed E-state index contributed by atoms with van der Waals surface area (Å²) in [6.07, 6.45) is 1.47. The number of sulfonamides is 1. The van der Waals surface area contributed by atoms with E-state index in [-0.39, 0.29) is 29.8 Å². The van der Waals surface area contributed by atoms with Crippen molar-refractivity contribution in [3.63, 3.8) is 0 Å². The third-order valence-electron chi connectivity index (χ3n) is 5.64. The zero-order chi connectivity index (χ0) is 20.6. The van der Waals surface area contributed by atoms with E-state index >= 15 is 0 Å². The number of nitrogens with zero attached hydrogens (tertiary/aromatic N) is 3. The van der Waals surface area contributed by atoms with Gasteiger partial charge in [0.05, 0.1) is 4.90 Å². The number of benzene rings is 1. The highest BCUT2D eigenvalue weighted by Gasteiger charge is 2.37. The summed E-state index contributed by atoms with van der Waals surface area (Å²) in [7, 11) is -3.69. The molecular formula is C19H25N3O6S. The Balaban J connectivity index is 1.42. The van der Waals surface area contributed by atoms with Crippen LogP contribution in [0.2, 0.25) is 0 Å². The first kappa shape index (κ1) is 20.0. The van der Waals surface area contributed by atoms with Crippen LogP contribution in [-0.2, 0) is 19.6 Å². The average Bonchev–Trinajstić information content (AvgIpc) is 3.23. The summed E-state index contributed by atoms with van der Waals surface area (Å²) in [5, 5.41) is 0. The molecule has 4 rings (SSSR count). The lowest BCUT2D eigenvalue weighted by molar-refractivity contribution is -0.143. The molecule has 2 amide bonds. The molecule has 158 valence electrons. The molecule has 3 heterocycles. The molecule has 1 aromatic rings. The Labute approximate surface area is 170 Å². The van der Waals surface area contributed by atoms with Gasteiger partial charge in [0.2, 0.25) is 21.8 Å². The summed E-state index contributed by atoms with van der Waals surface area (Å²) in [5.74, 6) is 0.781. The van der Waals surface area contributed by atoms with Crippen LogP contribution < -0.4 is 9.47 Å². The predicted octanol–water partition coefficient (Wildman–Crippen LogP) is 0.302. The summed E-state index contributed by atoms with van der Waals surface area (Å²) in [6, 6.07) is 4.19. The van der Waals surface area contributed by atoms with E-state index in [9.17, 15) is 18.0 Å². The number of carbonyl (C=O) groups is 2. The Morgan fingerprint density at radius 3 is 2.38 bits per heavy atom. The Kier molecular flexibility index (Phi) is 5.39. The van der Waals surface area contributed by atoms with Gasteiger partial charge in [-0.2, -0.15) is 4.31 Å². The van der Waals surface area contributed by atoms with Gasteiger partial charge in [-0.3, -0.25) is 9.59 Å². The summed E-state index contributed by atoms with van der Waals surface area (Å²) in [4.78, 5) is 28.0. The van der Waals surface area contributed by atoms with Gasteiger partial charge in [-0.25, -0.2) is 8.42 Å². The molecule has 2 saturated heterocycles. The van der Waals surface area contributed by atoms with Crippen LogP contribution in [-0.4, -0.2) is 86.3 Å². The second-order valence-electron chi connectivity index (χ2n) is 7.41. The minimum absolute atomic E-state index is 0.0888. The number of hydrogen-bond acceptors (Lipinski definition) is 6. The van der Waals surface area contributed by atoms with E-state index in [4.69, 9.17) is 9.47 Å². The van der Waals surface area contributed by atoms with Crippen molar-refractivity contribution in [2.45, 2.75) is 30.7 Å². The third kappa shape index (κ3) is 3.78. The largest absolute Gasteiger partial charge is 0.486 e. The molecule has 9 nitrogen and oxygen atoms in total. The van der Waals surface area contributed by atoms with Gasteiger partial charge in [-0.15, -0.1) is 0 Å². The third-order valence-corrected chi connectivity index (χ3v) is 7.54. The standard InChI is InChI=1S/C19H25N3O6S/c1-14(23)22-6-2-3-16(22)19(24)20-7-9-21(10-8-20)29(25,26)15-4-5-17-18(13-15)28-12-11-27-17/h4-5,13,16H,2-3,6-12H2,1H3/t16-/m1/s1. The second kappa shape index (κ2) is 7.83. The lowest BCUT2D eigenvalue weighted by Crippen LogP contribution is -2.55. The fourth-order valence-electron chi connectivity index (χ4n) is 4.09. The Hall–Kier alpha value is -2.33. The quantitative estimate of drug-likeness (QED) is 0.694. The lowest BCUT2D eigenvalue weighted by atomic mass is 10.1. The number of likely N-dealkylation sites (tertiary alicyclic amines) is 1. The molecule has 0 radical (unpaired) electrons. The van der Waals surface area contributed by atoms with Gasteiger partial charge in [0.15, 0.2) is 11.5 Å². The predicted molar refractivity (Wildman–Crippen MR) is 103 cm³/mol. The van der Waals surface area contributed by atoms with Crippen molar-refractivity contribution in [2.24, 2.45) is 0 Å². The Morgan fingerprint density at radius 1 is 1.00 bits per heavy atom. The van der Waals surface area contributed by atoms with Crippen molar-refractivity contribution in [3.8, 4) is 11.5 Å². The maximum Gasteiger partial charge on any atom is 0.245 e. The number of hydrogen-bond donors (Lipinski definition) is 0. The summed E-state index contributed by atoms with van der Waals surface area (Å²) in [6.45, 7) is 3.96. The molecule has 29 heavy (non-hydrogen) atoms. The molecule has 0 N–H and O–H groups in total. The van der Waals surface area contributed by atoms with E-state index in [1.165, 1.54) is 23.4 Å². The van der Waals surface area contributed by atoms with Gasteiger partial charge in [0.1, 0.15) is 19.3 Å². The van der Waals surface area contributed by atoms with Gasteiger partial charge >= 0.3 is 0 Å². The van der Waals surface area contributed by atoms with Crippen molar-refractivity contribution >= 4 is 21.8 Å². The number of rotatable bonds is 3. The zero-order valence-corrected chi connectivity index (χ0v) is 17.2. The van der Waals surface area contributed by atoms with Crippen molar-refractivity contribution in [1.82, 2.24) is 14.1 Å². The number of amides is 2. The first-order valence-electron chi connectivity index (χ1n) is 9.84. The molecule has 0 aliphatic carbocycles. The van der Waals surface area contributed by atoms with Crippen LogP contribution in [0.5, 0.6) is 11.5 Å². The second-order valence-corrected chi connectivity index (χ2v) is 9.34. The highest BCUT2D eigenvalue weighted by Crippen LogP contribution is 2.33. The SMILES string of the molecule is CC(=O)N1CCC[C@@H]1C(=O)N1CCN(S(=O)(=O)c2ccc3c(c2)OCCO3)CC1.